The van der Waals surface area contributed by atoms with Crippen molar-refractivity contribution in [2.45, 2.75) is 32.5 Å². The number of hydrogen-bond donors (Lipinski definition) is 2. The lowest BCUT2D eigenvalue weighted by Crippen LogP contribution is -2.26. The molecule has 0 aromatic carbocycles. The van der Waals surface area contributed by atoms with Crippen LogP contribution >= 0.6 is 11.3 Å². The molecule has 0 fully saturated rings. The summed E-state index contributed by atoms with van der Waals surface area (Å²) in [7, 11) is 0. The summed E-state index contributed by atoms with van der Waals surface area (Å²) < 4.78 is 72.3. The number of hydrogen-bond acceptors (Lipinski definition) is 6. The molecule has 1 atom stereocenters. The number of anilines is 1. The molecule has 1 unspecified atom stereocenters. The zero-order valence-electron chi connectivity index (χ0n) is 18.0. The van der Waals surface area contributed by atoms with E-state index in [0.717, 1.165) is 16.8 Å². The molecule has 3 N–H and O–H groups in total. The summed E-state index contributed by atoms with van der Waals surface area (Å²) >= 11 is 0.689. The molecule has 184 valence electrons. The number of alkyl halides is 5. The van der Waals surface area contributed by atoms with Crippen molar-refractivity contribution in [3.8, 4) is 11.3 Å². The number of thiophene rings is 1. The number of furan rings is 1. The van der Waals surface area contributed by atoms with Crippen molar-refractivity contribution in [1.82, 2.24) is 14.8 Å². The Morgan fingerprint density at radius 3 is 2.51 bits per heavy atom. The fourth-order valence-electron chi connectivity index (χ4n) is 3.51. The number of amides is 2. The zero-order valence-corrected chi connectivity index (χ0v) is 18.8. The van der Waals surface area contributed by atoms with Gasteiger partial charge in [0.15, 0.2) is 5.69 Å². The van der Waals surface area contributed by atoms with E-state index in [4.69, 9.17) is 10.2 Å². The van der Waals surface area contributed by atoms with Crippen LogP contribution in [0.5, 0.6) is 0 Å². The van der Waals surface area contributed by atoms with Gasteiger partial charge in [0.05, 0.1) is 12.0 Å². The fraction of sp³-hybridized carbons (Fsp3) is 0.238. The average molecular weight is 513 g/mol. The third kappa shape index (κ3) is 4.48. The first-order valence-corrected chi connectivity index (χ1v) is 10.7. The van der Waals surface area contributed by atoms with Gasteiger partial charge in [-0.3, -0.25) is 14.3 Å². The van der Waals surface area contributed by atoms with Crippen LogP contribution in [0.1, 0.15) is 46.1 Å². The van der Waals surface area contributed by atoms with Gasteiger partial charge in [-0.1, -0.05) is 0 Å². The maximum Gasteiger partial charge on any atom is 0.435 e. The molecular weight excluding hydrogens is 497 g/mol. The van der Waals surface area contributed by atoms with E-state index < -0.39 is 41.8 Å². The molecule has 4 aromatic heterocycles. The van der Waals surface area contributed by atoms with E-state index in [2.05, 4.69) is 15.4 Å². The molecule has 4 heterocycles. The van der Waals surface area contributed by atoms with Crippen LogP contribution in [0.4, 0.5) is 27.6 Å². The average Bonchev–Trinajstić information content (AvgIpc) is 3.51. The first-order chi connectivity index (χ1) is 16.4. The predicted molar refractivity (Wildman–Crippen MR) is 116 cm³/mol. The van der Waals surface area contributed by atoms with E-state index in [1.165, 1.54) is 32.2 Å². The molecule has 0 saturated carbocycles. The fourth-order valence-corrected chi connectivity index (χ4v) is 4.52. The summed E-state index contributed by atoms with van der Waals surface area (Å²) in [4.78, 5) is 28.9. The first kappa shape index (κ1) is 24.3. The van der Waals surface area contributed by atoms with Crippen LogP contribution in [-0.2, 0) is 11.0 Å². The van der Waals surface area contributed by atoms with Crippen LogP contribution in [0.2, 0.25) is 0 Å². The van der Waals surface area contributed by atoms with E-state index in [9.17, 15) is 31.5 Å². The van der Waals surface area contributed by atoms with Crippen LogP contribution < -0.4 is 11.1 Å². The number of nitrogens with one attached hydrogen (secondary N) is 1. The minimum Gasteiger partial charge on any atom is -0.464 e. The highest BCUT2D eigenvalue weighted by Crippen LogP contribution is 2.43. The number of pyridine rings is 1. The van der Waals surface area contributed by atoms with E-state index >= 15 is 0 Å². The minimum atomic E-state index is -4.71. The highest BCUT2D eigenvalue weighted by molar-refractivity contribution is 7.21. The highest BCUT2D eigenvalue weighted by atomic mass is 32.1. The molecule has 0 aliphatic rings. The number of carbonyl (C=O) groups is 2. The SMILES string of the molecule is Cc1cc(C(F)(F)F)nn1C(C)C(=O)Nc1c(C(N)=O)sc2nc(C(F)F)cc(-c3ccco3)c12. The molecule has 35 heavy (non-hydrogen) atoms. The zero-order chi connectivity index (χ0) is 25.7. The number of nitrogens with zero attached hydrogens (tertiary/aromatic N) is 3. The van der Waals surface area contributed by atoms with E-state index in [1.807, 2.05) is 0 Å². The molecule has 0 bridgehead atoms. The van der Waals surface area contributed by atoms with E-state index in [-0.39, 0.29) is 37.8 Å². The Labute approximate surface area is 197 Å². The normalized spacial score (nSPS) is 12.9. The van der Waals surface area contributed by atoms with Gasteiger partial charge in [-0.15, -0.1) is 11.3 Å². The molecule has 2 amide bonds. The summed E-state index contributed by atoms with van der Waals surface area (Å²) in [6.07, 6.45) is -6.33. The Hall–Kier alpha value is -3.81. The first-order valence-electron chi connectivity index (χ1n) is 9.92. The Morgan fingerprint density at radius 2 is 1.97 bits per heavy atom. The molecule has 0 radical (unpaired) electrons. The van der Waals surface area contributed by atoms with Gasteiger partial charge in [0.25, 0.3) is 12.3 Å². The van der Waals surface area contributed by atoms with Crippen LogP contribution in [0.3, 0.4) is 0 Å². The van der Waals surface area contributed by atoms with Gasteiger partial charge < -0.3 is 15.5 Å². The predicted octanol–water partition coefficient (Wildman–Crippen LogP) is 5.32. The Balaban J connectivity index is 1.83. The second kappa shape index (κ2) is 8.76. The van der Waals surface area contributed by atoms with Crippen molar-refractivity contribution in [2.75, 3.05) is 5.32 Å². The monoisotopic (exact) mass is 513 g/mol. The second-order valence-electron chi connectivity index (χ2n) is 7.50. The third-order valence-electron chi connectivity index (χ3n) is 5.12. The number of fused-ring (bicyclic) bond motifs is 1. The van der Waals surface area contributed by atoms with Crippen molar-refractivity contribution in [1.29, 1.82) is 0 Å². The van der Waals surface area contributed by atoms with Gasteiger partial charge in [-0.05, 0) is 38.1 Å². The van der Waals surface area contributed by atoms with Gasteiger partial charge >= 0.3 is 6.18 Å². The van der Waals surface area contributed by atoms with E-state index in [1.54, 1.807) is 0 Å². The van der Waals surface area contributed by atoms with Gasteiger partial charge in [0, 0.05) is 16.6 Å². The molecule has 0 aliphatic heterocycles. The van der Waals surface area contributed by atoms with Crippen LogP contribution in [0.25, 0.3) is 21.5 Å². The number of carbonyl (C=O) groups excluding carboxylic acids is 2. The molecule has 0 spiro atoms. The molecule has 8 nitrogen and oxygen atoms in total. The summed E-state index contributed by atoms with van der Waals surface area (Å²) in [6.45, 7) is 2.67. The Bertz CT molecular complexity index is 1430. The number of aromatic nitrogens is 3. The van der Waals surface area contributed by atoms with Crippen molar-refractivity contribution in [3.63, 3.8) is 0 Å². The van der Waals surface area contributed by atoms with Crippen molar-refractivity contribution >= 4 is 39.1 Å². The van der Waals surface area contributed by atoms with Gasteiger partial charge in [0.1, 0.15) is 27.2 Å². The lowest BCUT2D eigenvalue weighted by atomic mass is 10.1. The van der Waals surface area contributed by atoms with Crippen LogP contribution in [0, 0.1) is 6.92 Å². The van der Waals surface area contributed by atoms with Gasteiger partial charge in [0.2, 0.25) is 5.91 Å². The Kier molecular flexibility index (Phi) is 6.09. The lowest BCUT2D eigenvalue weighted by molar-refractivity contribution is -0.141. The van der Waals surface area contributed by atoms with Crippen molar-refractivity contribution in [3.05, 3.63) is 52.5 Å². The molecule has 0 aliphatic carbocycles. The molecular formula is C21H16F5N5O3S. The molecule has 0 saturated heterocycles. The highest BCUT2D eigenvalue weighted by Gasteiger charge is 2.36. The van der Waals surface area contributed by atoms with E-state index in [0.29, 0.717) is 11.3 Å². The lowest BCUT2D eigenvalue weighted by Gasteiger charge is -2.15. The Morgan fingerprint density at radius 1 is 1.26 bits per heavy atom. The smallest absolute Gasteiger partial charge is 0.435 e. The summed E-state index contributed by atoms with van der Waals surface area (Å²) in [5.74, 6) is -1.63. The largest absolute Gasteiger partial charge is 0.464 e. The minimum absolute atomic E-state index is 0.0134. The van der Waals surface area contributed by atoms with Gasteiger partial charge in [-0.25, -0.2) is 13.8 Å². The van der Waals surface area contributed by atoms with Crippen molar-refractivity contribution in [2.24, 2.45) is 5.73 Å². The maximum absolute atomic E-state index is 13.5. The standard InChI is InChI=1S/C21H16F5N5O3S/c1-8-6-13(21(24,25)26)30-31(8)9(2)19(33)29-15-14-10(12-4-3-5-34-12)7-11(17(22)23)28-20(14)35-16(15)18(27)32/h3-7,9,17H,1-2H3,(H2,27,32)(H,29,33). The summed E-state index contributed by atoms with van der Waals surface area (Å²) in [5.41, 5.74) is 3.79. The topological polar surface area (TPSA) is 116 Å². The summed E-state index contributed by atoms with van der Waals surface area (Å²) in [5, 5.41) is 6.09. The van der Waals surface area contributed by atoms with Crippen LogP contribution in [0.15, 0.2) is 34.9 Å². The third-order valence-corrected chi connectivity index (χ3v) is 6.22. The number of aryl methyl sites for hydroxylation is 1. The quantitative estimate of drug-likeness (QED) is 0.339. The van der Waals surface area contributed by atoms with Crippen LogP contribution in [-0.4, -0.2) is 26.6 Å². The number of halogens is 5. The molecule has 4 rings (SSSR count). The number of primary amides is 1. The second-order valence-corrected chi connectivity index (χ2v) is 8.50. The number of rotatable bonds is 6. The summed E-state index contributed by atoms with van der Waals surface area (Å²) in [6, 6.07) is 3.64. The van der Waals surface area contributed by atoms with Crippen molar-refractivity contribution < 1.29 is 36.0 Å². The molecule has 4 aromatic rings. The molecule has 14 heteroatoms. The maximum atomic E-state index is 13.5. The van der Waals surface area contributed by atoms with Gasteiger partial charge in [-0.2, -0.15) is 18.3 Å². The number of nitrogens with two attached hydrogens (primary N) is 1.